The summed E-state index contributed by atoms with van der Waals surface area (Å²) in [5.74, 6) is -1.39. The molecule has 2 rings (SSSR count). The fourth-order valence-corrected chi connectivity index (χ4v) is 2.39. The average molecular weight is 268 g/mol. The van der Waals surface area contributed by atoms with E-state index in [1.165, 1.54) is 12.1 Å². The minimum atomic E-state index is -0.641. The topological polar surface area (TPSA) is 55.1 Å². The number of hydrogen-bond acceptors (Lipinski definition) is 2. The molecule has 104 valence electrons. The third-order valence-corrected chi connectivity index (χ3v) is 3.87. The Morgan fingerprint density at radius 2 is 2.11 bits per heavy atom. The van der Waals surface area contributed by atoms with Gasteiger partial charge < -0.3 is 11.1 Å². The smallest absolute Gasteiger partial charge is 0.220 e. The molecule has 0 spiro atoms. The number of nitrogens with two attached hydrogens (primary N) is 1. The number of amides is 1. The van der Waals surface area contributed by atoms with Crippen LogP contribution >= 0.6 is 0 Å². The van der Waals surface area contributed by atoms with E-state index in [1.807, 2.05) is 0 Å². The number of carbonyl (C=O) groups excluding carboxylic acids is 1. The molecule has 1 aromatic rings. The first-order chi connectivity index (χ1) is 9.04. The molecule has 0 saturated heterocycles. The first-order valence-electron chi connectivity index (χ1n) is 6.45. The molecule has 5 heteroatoms. The van der Waals surface area contributed by atoms with Crippen LogP contribution in [-0.4, -0.2) is 12.5 Å². The molecule has 0 unspecified atom stereocenters. The van der Waals surface area contributed by atoms with E-state index in [9.17, 15) is 13.6 Å². The summed E-state index contributed by atoms with van der Waals surface area (Å²) in [7, 11) is 0. The van der Waals surface area contributed by atoms with E-state index in [-0.39, 0.29) is 23.4 Å². The predicted octanol–water partition coefficient (Wildman–Crippen LogP) is 2.10. The third-order valence-electron chi connectivity index (χ3n) is 3.87. The highest BCUT2D eigenvalue weighted by atomic mass is 19.1. The summed E-state index contributed by atoms with van der Waals surface area (Å²) in [4.78, 5) is 11.8. The molecule has 1 aromatic carbocycles. The average Bonchev–Trinajstić information content (AvgIpc) is 2.33. The van der Waals surface area contributed by atoms with Crippen LogP contribution < -0.4 is 11.1 Å². The summed E-state index contributed by atoms with van der Waals surface area (Å²) in [5, 5.41) is 2.66. The van der Waals surface area contributed by atoms with Gasteiger partial charge in [0.2, 0.25) is 5.91 Å². The summed E-state index contributed by atoms with van der Waals surface area (Å²) in [6.07, 6.45) is 3.44. The minimum absolute atomic E-state index is 0.0641. The van der Waals surface area contributed by atoms with Gasteiger partial charge in [-0.25, -0.2) is 8.78 Å². The summed E-state index contributed by atoms with van der Waals surface area (Å²) in [6.45, 7) is 0.580. The highest BCUT2D eigenvalue weighted by molar-refractivity contribution is 5.76. The standard InChI is InChI=1S/C14H18F2N2O/c15-11-3-2-10(12(16)6-11)8-18-13(19)7-14(9-17)4-1-5-14/h2-3,6H,1,4-5,7-9,17H2,(H,18,19). The Balaban J connectivity index is 1.86. The highest BCUT2D eigenvalue weighted by Crippen LogP contribution is 2.42. The maximum atomic E-state index is 13.4. The van der Waals surface area contributed by atoms with Gasteiger partial charge in [0.15, 0.2) is 0 Å². The number of halogens is 2. The zero-order valence-corrected chi connectivity index (χ0v) is 10.7. The van der Waals surface area contributed by atoms with E-state index in [4.69, 9.17) is 5.73 Å². The summed E-state index contributed by atoms with van der Waals surface area (Å²) in [6, 6.07) is 3.33. The normalized spacial score (nSPS) is 16.8. The van der Waals surface area contributed by atoms with Crippen LogP contribution in [0.2, 0.25) is 0 Å². The second-order valence-corrected chi connectivity index (χ2v) is 5.25. The monoisotopic (exact) mass is 268 g/mol. The number of benzene rings is 1. The van der Waals surface area contributed by atoms with Crippen LogP contribution in [0.3, 0.4) is 0 Å². The van der Waals surface area contributed by atoms with Crippen LogP contribution in [0, 0.1) is 17.0 Å². The second kappa shape index (κ2) is 5.65. The van der Waals surface area contributed by atoms with Gasteiger partial charge in [0, 0.05) is 24.6 Å². The lowest BCUT2D eigenvalue weighted by Crippen LogP contribution is -2.41. The molecule has 1 fully saturated rings. The van der Waals surface area contributed by atoms with Gasteiger partial charge in [0.05, 0.1) is 0 Å². The maximum Gasteiger partial charge on any atom is 0.220 e. The molecule has 0 heterocycles. The Bertz CT molecular complexity index is 467. The Hall–Kier alpha value is -1.49. The van der Waals surface area contributed by atoms with Gasteiger partial charge in [0.25, 0.3) is 0 Å². The lowest BCUT2D eigenvalue weighted by molar-refractivity contribution is -0.124. The van der Waals surface area contributed by atoms with Gasteiger partial charge in [-0.1, -0.05) is 12.5 Å². The molecule has 1 aliphatic carbocycles. The Labute approximate surface area is 111 Å². The Morgan fingerprint density at radius 1 is 1.37 bits per heavy atom. The van der Waals surface area contributed by atoms with E-state index < -0.39 is 11.6 Å². The number of hydrogen-bond donors (Lipinski definition) is 2. The van der Waals surface area contributed by atoms with E-state index in [1.54, 1.807) is 0 Å². The molecule has 0 aliphatic heterocycles. The molecule has 0 bridgehead atoms. The van der Waals surface area contributed by atoms with Crippen molar-refractivity contribution in [3.8, 4) is 0 Å². The van der Waals surface area contributed by atoms with E-state index in [0.717, 1.165) is 25.3 Å². The van der Waals surface area contributed by atoms with Gasteiger partial charge in [-0.2, -0.15) is 0 Å². The minimum Gasteiger partial charge on any atom is -0.352 e. The number of nitrogens with one attached hydrogen (secondary N) is 1. The summed E-state index contributed by atoms with van der Waals surface area (Å²) in [5.41, 5.74) is 5.90. The first-order valence-corrected chi connectivity index (χ1v) is 6.45. The fraction of sp³-hybridized carbons (Fsp3) is 0.500. The molecule has 3 nitrogen and oxygen atoms in total. The largest absolute Gasteiger partial charge is 0.352 e. The van der Waals surface area contributed by atoms with E-state index in [2.05, 4.69) is 5.32 Å². The third kappa shape index (κ3) is 3.29. The van der Waals surface area contributed by atoms with Gasteiger partial charge in [0.1, 0.15) is 11.6 Å². The molecule has 1 saturated carbocycles. The van der Waals surface area contributed by atoms with Crippen molar-refractivity contribution in [3.05, 3.63) is 35.4 Å². The summed E-state index contributed by atoms with van der Waals surface area (Å²) >= 11 is 0. The maximum absolute atomic E-state index is 13.4. The van der Waals surface area contributed by atoms with Crippen molar-refractivity contribution in [2.24, 2.45) is 11.1 Å². The molecule has 0 aromatic heterocycles. The molecule has 0 radical (unpaired) electrons. The summed E-state index contributed by atoms with van der Waals surface area (Å²) < 4.78 is 26.1. The van der Waals surface area contributed by atoms with Gasteiger partial charge in [-0.05, 0) is 30.9 Å². The molecule has 19 heavy (non-hydrogen) atoms. The van der Waals surface area contributed by atoms with Crippen molar-refractivity contribution in [3.63, 3.8) is 0 Å². The van der Waals surface area contributed by atoms with Crippen LogP contribution in [0.5, 0.6) is 0 Å². The Kier molecular flexibility index (Phi) is 4.14. The van der Waals surface area contributed by atoms with Crippen molar-refractivity contribution >= 4 is 5.91 Å². The Morgan fingerprint density at radius 3 is 2.63 bits per heavy atom. The van der Waals surface area contributed by atoms with Crippen LogP contribution in [-0.2, 0) is 11.3 Å². The van der Waals surface area contributed by atoms with Crippen molar-refractivity contribution in [2.75, 3.05) is 6.54 Å². The molecule has 1 aliphatic rings. The predicted molar refractivity (Wildman–Crippen MR) is 68.2 cm³/mol. The second-order valence-electron chi connectivity index (χ2n) is 5.25. The van der Waals surface area contributed by atoms with Crippen molar-refractivity contribution in [2.45, 2.75) is 32.2 Å². The first kappa shape index (κ1) is 13.9. The van der Waals surface area contributed by atoms with Crippen molar-refractivity contribution < 1.29 is 13.6 Å². The quantitative estimate of drug-likeness (QED) is 0.859. The zero-order valence-electron chi connectivity index (χ0n) is 10.7. The van der Waals surface area contributed by atoms with Crippen LogP contribution in [0.25, 0.3) is 0 Å². The lowest BCUT2D eigenvalue weighted by Gasteiger charge is -2.40. The molecule has 3 N–H and O–H groups in total. The highest BCUT2D eigenvalue weighted by Gasteiger charge is 2.37. The van der Waals surface area contributed by atoms with Gasteiger partial charge >= 0.3 is 0 Å². The fourth-order valence-electron chi connectivity index (χ4n) is 2.39. The van der Waals surface area contributed by atoms with Crippen LogP contribution in [0.1, 0.15) is 31.2 Å². The SMILES string of the molecule is NCC1(CC(=O)NCc2ccc(F)cc2F)CCC1. The molecule has 1 amide bonds. The van der Waals surface area contributed by atoms with Crippen molar-refractivity contribution in [1.82, 2.24) is 5.32 Å². The van der Waals surface area contributed by atoms with Crippen molar-refractivity contribution in [1.29, 1.82) is 0 Å². The lowest BCUT2D eigenvalue weighted by atomic mass is 9.66. The molecular weight excluding hydrogens is 250 g/mol. The molecule has 0 atom stereocenters. The van der Waals surface area contributed by atoms with E-state index in [0.29, 0.717) is 13.0 Å². The van der Waals surface area contributed by atoms with Gasteiger partial charge in [-0.15, -0.1) is 0 Å². The van der Waals surface area contributed by atoms with E-state index >= 15 is 0 Å². The van der Waals surface area contributed by atoms with Crippen LogP contribution in [0.4, 0.5) is 8.78 Å². The zero-order chi connectivity index (χ0) is 13.9. The van der Waals surface area contributed by atoms with Gasteiger partial charge in [-0.3, -0.25) is 4.79 Å². The molecular formula is C14H18F2N2O. The van der Waals surface area contributed by atoms with Crippen LogP contribution in [0.15, 0.2) is 18.2 Å². The number of rotatable bonds is 5. The number of carbonyl (C=O) groups is 1.